The van der Waals surface area contributed by atoms with Gasteiger partial charge in [-0.15, -0.1) is 0 Å². The van der Waals surface area contributed by atoms with E-state index in [0.29, 0.717) is 12.3 Å². The van der Waals surface area contributed by atoms with Crippen molar-refractivity contribution in [1.82, 2.24) is 9.88 Å². The van der Waals surface area contributed by atoms with Crippen LogP contribution in [0.1, 0.15) is 38.3 Å². The Balaban J connectivity index is 2.17. The van der Waals surface area contributed by atoms with E-state index in [1.165, 1.54) is 0 Å². The van der Waals surface area contributed by atoms with Gasteiger partial charge in [0.2, 0.25) is 5.91 Å². The molecule has 0 bridgehead atoms. The average Bonchev–Trinajstić information content (AvgIpc) is 2.62. The first-order valence-electron chi connectivity index (χ1n) is 6.54. The van der Waals surface area contributed by atoms with E-state index in [-0.39, 0.29) is 18.0 Å². The van der Waals surface area contributed by atoms with E-state index in [2.05, 4.69) is 18.8 Å². The van der Waals surface area contributed by atoms with Crippen LogP contribution in [0.15, 0.2) is 24.5 Å². The molecule has 0 saturated carbocycles. The Labute approximate surface area is 108 Å². The van der Waals surface area contributed by atoms with Crippen molar-refractivity contribution in [3.63, 3.8) is 0 Å². The monoisotopic (exact) mass is 247 g/mol. The molecule has 1 aromatic heterocycles. The normalized spacial score (nSPS) is 24.0. The molecule has 1 fully saturated rings. The van der Waals surface area contributed by atoms with Gasteiger partial charge in [0.1, 0.15) is 0 Å². The largest absolute Gasteiger partial charge is 0.334 e. The van der Waals surface area contributed by atoms with Gasteiger partial charge in [-0.2, -0.15) is 0 Å². The second kappa shape index (κ2) is 5.48. The Bertz CT molecular complexity index is 405. The molecule has 0 radical (unpaired) electrons. The summed E-state index contributed by atoms with van der Waals surface area (Å²) in [6, 6.07) is 3.77. The maximum absolute atomic E-state index is 12.0. The van der Waals surface area contributed by atoms with Crippen LogP contribution in [-0.2, 0) is 4.79 Å². The highest BCUT2D eigenvalue weighted by Gasteiger charge is 2.38. The molecular formula is C14H21N3O. The summed E-state index contributed by atoms with van der Waals surface area (Å²) in [6.07, 6.45) is 5.00. The highest BCUT2D eigenvalue weighted by molar-refractivity contribution is 5.80. The van der Waals surface area contributed by atoms with Gasteiger partial charge in [-0.1, -0.05) is 19.9 Å². The lowest BCUT2D eigenvalue weighted by Crippen LogP contribution is -2.34. The fourth-order valence-electron chi connectivity index (χ4n) is 2.46. The molecule has 1 aliphatic rings. The van der Waals surface area contributed by atoms with Crippen molar-refractivity contribution in [3.8, 4) is 0 Å². The van der Waals surface area contributed by atoms with E-state index in [0.717, 1.165) is 18.5 Å². The molecule has 18 heavy (non-hydrogen) atoms. The molecule has 2 N–H and O–H groups in total. The highest BCUT2D eigenvalue weighted by atomic mass is 16.2. The number of aromatic nitrogens is 1. The standard InChI is InChI=1S/C14H21N3O/c1-10(2)5-7-17-13(18)8-12(15)14(17)11-4-3-6-16-9-11/h3-4,6,9-10,12,14H,5,7-8,15H2,1-2H3. The van der Waals surface area contributed by atoms with Crippen molar-refractivity contribution in [2.45, 2.75) is 38.8 Å². The molecule has 1 aromatic rings. The quantitative estimate of drug-likeness (QED) is 0.881. The molecule has 0 aromatic carbocycles. The van der Waals surface area contributed by atoms with Crippen LogP contribution >= 0.6 is 0 Å². The predicted molar refractivity (Wildman–Crippen MR) is 70.7 cm³/mol. The van der Waals surface area contributed by atoms with Gasteiger partial charge in [-0.05, 0) is 24.0 Å². The van der Waals surface area contributed by atoms with E-state index in [1.807, 2.05) is 23.2 Å². The summed E-state index contributed by atoms with van der Waals surface area (Å²) in [5, 5.41) is 0. The van der Waals surface area contributed by atoms with Gasteiger partial charge in [-0.25, -0.2) is 0 Å². The van der Waals surface area contributed by atoms with Crippen molar-refractivity contribution in [1.29, 1.82) is 0 Å². The molecule has 0 spiro atoms. The number of nitrogens with zero attached hydrogens (tertiary/aromatic N) is 2. The van der Waals surface area contributed by atoms with Gasteiger partial charge < -0.3 is 10.6 Å². The zero-order chi connectivity index (χ0) is 13.1. The Morgan fingerprint density at radius 2 is 2.33 bits per heavy atom. The molecule has 1 amide bonds. The van der Waals surface area contributed by atoms with Gasteiger partial charge in [0.05, 0.1) is 6.04 Å². The van der Waals surface area contributed by atoms with Crippen LogP contribution in [0.4, 0.5) is 0 Å². The SMILES string of the molecule is CC(C)CCN1C(=O)CC(N)C1c1cccnc1. The summed E-state index contributed by atoms with van der Waals surface area (Å²) in [5.41, 5.74) is 7.15. The third kappa shape index (κ3) is 2.70. The van der Waals surface area contributed by atoms with Crippen molar-refractivity contribution in [2.75, 3.05) is 6.54 Å². The van der Waals surface area contributed by atoms with Crippen LogP contribution in [0.2, 0.25) is 0 Å². The molecule has 1 aliphatic heterocycles. The summed E-state index contributed by atoms with van der Waals surface area (Å²) in [5.74, 6) is 0.751. The molecule has 2 unspecified atom stereocenters. The second-order valence-electron chi connectivity index (χ2n) is 5.37. The first kappa shape index (κ1) is 13.0. The molecule has 1 saturated heterocycles. The number of carbonyl (C=O) groups excluding carboxylic acids is 1. The minimum Gasteiger partial charge on any atom is -0.334 e. The molecule has 98 valence electrons. The molecule has 4 heteroatoms. The number of likely N-dealkylation sites (tertiary alicyclic amines) is 1. The molecule has 2 atom stereocenters. The lowest BCUT2D eigenvalue weighted by Gasteiger charge is -2.27. The van der Waals surface area contributed by atoms with Gasteiger partial charge in [0.15, 0.2) is 0 Å². The number of hydrogen-bond donors (Lipinski definition) is 1. The summed E-state index contributed by atoms with van der Waals surface area (Å²) >= 11 is 0. The smallest absolute Gasteiger partial charge is 0.224 e. The summed E-state index contributed by atoms with van der Waals surface area (Å²) in [4.78, 5) is 18.0. The van der Waals surface area contributed by atoms with E-state index in [1.54, 1.807) is 6.20 Å². The van der Waals surface area contributed by atoms with Crippen LogP contribution in [0.5, 0.6) is 0 Å². The zero-order valence-corrected chi connectivity index (χ0v) is 11.0. The Kier molecular flexibility index (Phi) is 3.97. The molecule has 2 heterocycles. The minimum atomic E-state index is -0.117. The first-order chi connectivity index (χ1) is 8.59. The first-order valence-corrected chi connectivity index (χ1v) is 6.54. The van der Waals surface area contributed by atoms with E-state index >= 15 is 0 Å². The van der Waals surface area contributed by atoms with Crippen LogP contribution in [-0.4, -0.2) is 28.4 Å². The van der Waals surface area contributed by atoms with Gasteiger partial charge in [-0.3, -0.25) is 9.78 Å². The maximum Gasteiger partial charge on any atom is 0.224 e. The van der Waals surface area contributed by atoms with Crippen molar-refractivity contribution >= 4 is 5.91 Å². The van der Waals surface area contributed by atoms with E-state index in [4.69, 9.17) is 5.73 Å². The molecule has 0 aliphatic carbocycles. The van der Waals surface area contributed by atoms with Crippen molar-refractivity contribution in [3.05, 3.63) is 30.1 Å². The van der Waals surface area contributed by atoms with Crippen LogP contribution < -0.4 is 5.73 Å². The highest BCUT2D eigenvalue weighted by Crippen LogP contribution is 2.31. The van der Waals surface area contributed by atoms with Crippen molar-refractivity contribution < 1.29 is 4.79 Å². The van der Waals surface area contributed by atoms with Crippen molar-refractivity contribution in [2.24, 2.45) is 11.7 Å². The Morgan fingerprint density at radius 1 is 1.56 bits per heavy atom. The van der Waals surface area contributed by atoms with Crippen LogP contribution in [0.25, 0.3) is 0 Å². The van der Waals surface area contributed by atoms with Gasteiger partial charge >= 0.3 is 0 Å². The number of amides is 1. The predicted octanol–water partition coefficient (Wildman–Crippen LogP) is 1.73. The molecular weight excluding hydrogens is 226 g/mol. The maximum atomic E-state index is 12.0. The summed E-state index contributed by atoms with van der Waals surface area (Å²) in [7, 11) is 0. The third-order valence-electron chi connectivity index (χ3n) is 3.45. The number of nitrogens with two attached hydrogens (primary N) is 1. The molecule has 4 nitrogen and oxygen atoms in total. The van der Waals surface area contributed by atoms with Gasteiger partial charge in [0.25, 0.3) is 0 Å². The summed E-state index contributed by atoms with van der Waals surface area (Å²) in [6.45, 7) is 5.11. The lowest BCUT2D eigenvalue weighted by molar-refractivity contribution is -0.129. The fraction of sp³-hybridized carbons (Fsp3) is 0.571. The topological polar surface area (TPSA) is 59.2 Å². The number of pyridine rings is 1. The van der Waals surface area contributed by atoms with E-state index in [9.17, 15) is 4.79 Å². The van der Waals surface area contributed by atoms with E-state index < -0.39 is 0 Å². The fourth-order valence-corrected chi connectivity index (χ4v) is 2.46. The third-order valence-corrected chi connectivity index (χ3v) is 3.45. The second-order valence-corrected chi connectivity index (χ2v) is 5.37. The summed E-state index contributed by atoms with van der Waals surface area (Å²) < 4.78 is 0. The number of carbonyl (C=O) groups is 1. The van der Waals surface area contributed by atoms with Gasteiger partial charge in [0, 0.05) is 31.4 Å². The average molecular weight is 247 g/mol. The van der Waals surface area contributed by atoms with Crippen LogP contribution in [0, 0.1) is 5.92 Å². The lowest BCUT2D eigenvalue weighted by atomic mass is 10.0. The van der Waals surface area contributed by atoms with Crippen LogP contribution in [0.3, 0.4) is 0 Å². The Hall–Kier alpha value is -1.42. The Morgan fingerprint density at radius 3 is 2.94 bits per heavy atom. The number of hydrogen-bond acceptors (Lipinski definition) is 3. The number of rotatable bonds is 4. The minimum absolute atomic E-state index is 0.00931. The molecule has 2 rings (SSSR count). The zero-order valence-electron chi connectivity index (χ0n) is 11.0.